The number of nitrogens with one attached hydrogen (secondary N) is 1. The molecule has 0 aliphatic carbocycles. The van der Waals surface area contributed by atoms with Crippen molar-refractivity contribution in [1.82, 2.24) is 15.1 Å². The van der Waals surface area contributed by atoms with Gasteiger partial charge in [-0.2, -0.15) is 5.10 Å². The summed E-state index contributed by atoms with van der Waals surface area (Å²) in [6.07, 6.45) is 2.59. The lowest BCUT2D eigenvalue weighted by Crippen LogP contribution is -2.34. The number of aliphatic hydroxyl groups is 1. The molecule has 0 aliphatic rings. The number of aryl methyl sites for hydroxylation is 1. The van der Waals surface area contributed by atoms with Gasteiger partial charge in [-0.3, -0.25) is 4.68 Å². The summed E-state index contributed by atoms with van der Waals surface area (Å²) < 4.78 is 28.4. The molecule has 0 spiro atoms. The molecule has 0 fully saturated rings. The molecule has 4 nitrogen and oxygen atoms in total. The fourth-order valence-corrected chi connectivity index (χ4v) is 2.10. The Balaban J connectivity index is 1.88. The standard InChI is InChI=1S/C15H19F2N3O/c1-10-6-19-20(8-10)9-11(2)18-7-15(21)13-5-12(16)3-4-14(13)17/h3-6,8,11,15,18,21H,7,9H2,1-2H3/t11-,15-/m1/s1. The van der Waals surface area contributed by atoms with Crippen LogP contribution in [0.15, 0.2) is 30.6 Å². The van der Waals surface area contributed by atoms with Crippen LogP contribution in [0.5, 0.6) is 0 Å². The van der Waals surface area contributed by atoms with Gasteiger partial charge in [-0.1, -0.05) is 0 Å². The molecule has 21 heavy (non-hydrogen) atoms. The number of nitrogens with zero attached hydrogens (tertiary/aromatic N) is 2. The summed E-state index contributed by atoms with van der Waals surface area (Å²) >= 11 is 0. The smallest absolute Gasteiger partial charge is 0.129 e. The minimum Gasteiger partial charge on any atom is -0.387 e. The fraction of sp³-hybridized carbons (Fsp3) is 0.400. The van der Waals surface area contributed by atoms with E-state index in [1.807, 2.05) is 20.0 Å². The van der Waals surface area contributed by atoms with Gasteiger partial charge in [0.15, 0.2) is 0 Å². The lowest BCUT2D eigenvalue weighted by molar-refractivity contribution is 0.164. The Labute approximate surface area is 122 Å². The van der Waals surface area contributed by atoms with Crippen molar-refractivity contribution in [3.63, 3.8) is 0 Å². The normalized spacial score (nSPS) is 14.1. The zero-order valence-corrected chi connectivity index (χ0v) is 12.1. The third-order valence-corrected chi connectivity index (χ3v) is 3.20. The van der Waals surface area contributed by atoms with E-state index >= 15 is 0 Å². The predicted molar refractivity (Wildman–Crippen MR) is 75.7 cm³/mol. The molecule has 0 unspecified atom stereocenters. The average molecular weight is 295 g/mol. The molecular formula is C15H19F2N3O. The molecule has 2 N–H and O–H groups in total. The number of halogens is 2. The van der Waals surface area contributed by atoms with Crippen LogP contribution >= 0.6 is 0 Å². The summed E-state index contributed by atoms with van der Waals surface area (Å²) in [7, 11) is 0. The Kier molecular flexibility index (Phi) is 5.03. The first-order valence-corrected chi connectivity index (χ1v) is 6.81. The van der Waals surface area contributed by atoms with E-state index in [9.17, 15) is 13.9 Å². The van der Waals surface area contributed by atoms with Crippen LogP contribution in [0.25, 0.3) is 0 Å². The van der Waals surface area contributed by atoms with Gasteiger partial charge >= 0.3 is 0 Å². The van der Waals surface area contributed by atoms with Crippen molar-refractivity contribution in [1.29, 1.82) is 0 Å². The molecule has 0 aliphatic heterocycles. The maximum absolute atomic E-state index is 13.5. The number of aliphatic hydroxyl groups excluding tert-OH is 1. The van der Waals surface area contributed by atoms with Gasteiger partial charge in [0, 0.05) is 24.3 Å². The van der Waals surface area contributed by atoms with Crippen LogP contribution in [-0.4, -0.2) is 27.5 Å². The molecule has 0 radical (unpaired) electrons. The molecule has 114 valence electrons. The van der Waals surface area contributed by atoms with Crippen molar-refractivity contribution in [2.45, 2.75) is 32.5 Å². The predicted octanol–water partition coefficient (Wildman–Crippen LogP) is 2.18. The van der Waals surface area contributed by atoms with E-state index < -0.39 is 17.7 Å². The van der Waals surface area contributed by atoms with Gasteiger partial charge in [-0.05, 0) is 37.6 Å². The summed E-state index contributed by atoms with van der Waals surface area (Å²) in [5.74, 6) is -1.17. The van der Waals surface area contributed by atoms with E-state index in [4.69, 9.17) is 0 Å². The minimum absolute atomic E-state index is 0.0374. The zero-order chi connectivity index (χ0) is 15.4. The van der Waals surface area contributed by atoms with Gasteiger partial charge in [0.1, 0.15) is 11.6 Å². The molecular weight excluding hydrogens is 276 g/mol. The van der Waals surface area contributed by atoms with Crippen molar-refractivity contribution in [2.24, 2.45) is 0 Å². The first-order valence-electron chi connectivity index (χ1n) is 6.81. The minimum atomic E-state index is -1.09. The van der Waals surface area contributed by atoms with Gasteiger partial charge < -0.3 is 10.4 Å². The molecule has 6 heteroatoms. The third-order valence-electron chi connectivity index (χ3n) is 3.20. The number of hydrogen-bond acceptors (Lipinski definition) is 3. The molecule has 1 aromatic heterocycles. The van der Waals surface area contributed by atoms with E-state index in [0.29, 0.717) is 6.54 Å². The van der Waals surface area contributed by atoms with Crippen molar-refractivity contribution in [2.75, 3.05) is 6.54 Å². The Hall–Kier alpha value is -1.79. The highest BCUT2D eigenvalue weighted by Crippen LogP contribution is 2.17. The molecule has 2 atom stereocenters. The molecule has 2 rings (SSSR count). The van der Waals surface area contributed by atoms with E-state index in [0.717, 1.165) is 23.8 Å². The van der Waals surface area contributed by atoms with Crippen LogP contribution < -0.4 is 5.32 Å². The number of hydrogen-bond donors (Lipinski definition) is 2. The molecule has 2 aromatic rings. The van der Waals surface area contributed by atoms with Crippen LogP contribution in [0.1, 0.15) is 24.2 Å². The van der Waals surface area contributed by atoms with Gasteiger partial charge in [0.2, 0.25) is 0 Å². The second-order valence-electron chi connectivity index (χ2n) is 5.23. The lowest BCUT2D eigenvalue weighted by Gasteiger charge is -2.18. The van der Waals surface area contributed by atoms with Crippen LogP contribution in [0.2, 0.25) is 0 Å². The Bertz CT molecular complexity index is 600. The molecule has 1 aromatic carbocycles. The highest BCUT2D eigenvalue weighted by molar-refractivity contribution is 5.21. The van der Waals surface area contributed by atoms with E-state index in [2.05, 4.69) is 10.4 Å². The Morgan fingerprint density at radius 3 is 2.81 bits per heavy atom. The largest absolute Gasteiger partial charge is 0.387 e. The van der Waals surface area contributed by atoms with E-state index in [1.54, 1.807) is 10.9 Å². The van der Waals surface area contributed by atoms with Crippen LogP contribution in [0.4, 0.5) is 8.78 Å². The van der Waals surface area contributed by atoms with Crippen molar-refractivity contribution < 1.29 is 13.9 Å². The Morgan fingerprint density at radius 1 is 1.38 bits per heavy atom. The first kappa shape index (κ1) is 15.6. The summed E-state index contributed by atoms with van der Waals surface area (Å²) in [6.45, 7) is 4.66. The second-order valence-corrected chi connectivity index (χ2v) is 5.23. The maximum atomic E-state index is 13.5. The highest BCUT2D eigenvalue weighted by atomic mass is 19.1. The third kappa shape index (κ3) is 4.34. The van der Waals surface area contributed by atoms with E-state index in [1.165, 1.54) is 0 Å². The number of benzene rings is 1. The zero-order valence-electron chi connectivity index (χ0n) is 12.1. The molecule has 0 amide bonds. The van der Waals surface area contributed by atoms with Crippen molar-refractivity contribution in [3.05, 3.63) is 53.4 Å². The molecule has 0 saturated heterocycles. The average Bonchev–Trinajstić information content (AvgIpc) is 2.84. The highest BCUT2D eigenvalue weighted by Gasteiger charge is 2.15. The lowest BCUT2D eigenvalue weighted by atomic mass is 10.1. The van der Waals surface area contributed by atoms with Gasteiger partial charge in [-0.15, -0.1) is 0 Å². The van der Waals surface area contributed by atoms with Crippen LogP contribution in [-0.2, 0) is 6.54 Å². The Morgan fingerprint density at radius 2 is 2.14 bits per heavy atom. The SMILES string of the molecule is Cc1cnn(C[C@@H](C)NC[C@@H](O)c2cc(F)ccc2F)c1. The second kappa shape index (κ2) is 6.78. The van der Waals surface area contributed by atoms with Crippen molar-refractivity contribution in [3.8, 4) is 0 Å². The van der Waals surface area contributed by atoms with Crippen LogP contribution in [0, 0.1) is 18.6 Å². The van der Waals surface area contributed by atoms with Gasteiger partial charge in [0.05, 0.1) is 18.8 Å². The summed E-state index contributed by atoms with van der Waals surface area (Å²) in [6, 6.07) is 3.10. The van der Waals surface area contributed by atoms with Crippen molar-refractivity contribution >= 4 is 0 Å². The van der Waals surface area contributed by atoms with Crippen LogP contribution in [0.3, 0.4) is 0 Å². The summed E-state index contributed by atoms with van der Waals surface area (Å²) in [5, 5.41) is 17.2. The maximum Gasteiger partial charge on any atom is 0.129 e. The van der Waals surface area contributed by atoms with Gasteiger partial charge in [-0.25, -0.2) is 8.78 Å². The summed E-state index contributed by atoms with van der Waals surface area (Å²) in [4.78, 5) is 0. The fourth-order valence-electron chi connectivity index (χ4n) is 2.10. The first-order chi connectivity index (χ1) is 9.95. The van der Waals surface area contributed by atoms with E-state index in [-0.39, 0.29) is 18.2 Å². The molecule has 1 heterocycles. The summed E-state index contributed by atoms with van der Waals surface area (Å²) in [5.41, 5.74) is 1.04. The molecule has 0 saturated carbocycles. The monoisotopic (exact) mass is 295 g/mol. The topological polar surface area (TPSA) is 50.1 Å². The quantitative estimate of drug-likeness (QED) is 0.859. The number of aromatic nitrogens is 2. The van der Waals surface area contributed by atoms with Gasteiger partial charge in [0.25, 0.3) is 0 Å². The molecule has 0 bridgehead atoms. The number of rotatable bonds is 6.